The Morgan fingerprint density at radius 3 is 1.83 bits per heavy atom. The maximum Gasteiger partial charge on any atom is -0.00728 e. The lowest BCUT2D eigenvalue weighted by Gasteiger charge is -2.27. The summed E-state index contributed by atoms with van der Waals surface area (Å²) < 4.78 is 0. The Labute approximate surface area is 176 Å². The number of hydrogen-bond donors (Lipinski definition) is 0. The molecule has 1 aliphatic carbocycles. The summed E-state index contributed by atoms with van der Waals surface area (Å²) in [6, 6.07) is 29.2. The molecule has 0 aliphatic heterocycles. The molecule has 0 saturated carbocycles. The van der Waals surface area contributed by atoms with E-state index in [-0.39, 0.29) is 5.41 Å². The lowest BCUT2D eigenvalue weighted by atomic mass is 9.86. The molecule has 0 nitrogen and oxygen atoms in total. The second kappa shape index (κ2) is 8.13. The van der Waals surface area contributed by atoms with Crippen LogP contribution < -0.4 is 15.9 Å². The highest BCUT2D eigenvalue weighted by Crippen LogP contribution is 2.39. The molecule has 4 rings (SSSR count). The highest BCUT2D eigenvalue weighted by Gasteiger charge is 2.24. The fraction of sp³-hybridized carbons (Fsp3) is 0.214. The van der Waals surface area contributed by atoms with Gasteiger partial charge in [0.15, 0.2) is 0 Å². The number of hydrogen-bond acceptors (Lipinski definition) is 0. The van der Waals surface area contributed by atoms with Crippen LogP contribution in [0.5, 0.6) is 0 Å². The van der Waals surface area contributed by atoms with E-state index >= 15 is 0 Å². The summed E-state index contributed by atoms with van der Waals surface area (Å²) in [7, 11) is -0.625. The van der Waals surface area contributed by atoms with Crippen molar-refractivity contribution in [3.05, 3.63) is 108 Å². The van der Waals surface area contributed by atoms with Crippen molar-refractivity contribution >= 4 is 29.4 Å². The summed E-state index contributed by atoms with van der Waals surface area (Å²) in [5.41, 5.74) is 5.75. The minimum absolute atomic E-state index is 0.125. The Hall–Kier alpha value is -2.43. The molecule has 0 bridgehead atoms. The van der Waals surface area contributed by atoms with Crippen molar-refractivity contribution in [3.63, 3.8) is 0 Å². The molecule has 0 unspecified atom stereocenters. The summed E-state index contributed by atoms with van der Waals surface area (Å²) in [5.74, 6) is 0. The fourth-order valence-corrected chi connectivity index (χ4v) is 6.41. The molecule has 0 atom stereocenters. The normalized spacial score (nSPS) is 14.1. The van der Waals surface area contributed by atoms with Crippen LogP contribution >= 0.6 is 7.92 Å². The third-order valence-electron chi connectivity index (χ3n) is 5.53. The second-order valence-electron chi connectivity index (χ2n) is 8.81. The number of allylic oxidation sites excluding steroid dienone is 4. The molecule has 0 aromatic heterocycles. The van der Waals surface area contributed by atoms with Crippen molar-refractivity contribution in [1.82, 2.24) is 0 Å². The summed E-state index contributed by atoms with van der Waals surface area (Å²) in [6.07, 6.45) is 5.73. The van der Waals surface area contributed by atoms with E-state index in [0.29, 0.717) is 0 Å². The average molecular weight is 397 g/mol. The van der Waals surface area contributed by atoms with Crippen LogP contribution in [0.1, 0.15) is 45.2 Å². The molecule has 3 aromatic rings. The lowest BCUT2D eigenvalue weighted by molar-refractivity contribution is 0.591. The minimum Gasteiger partial charge on any atom is -0.0772 e. The SMILES string of the molecule is CC1=CCC(c2ccc(C(C)(C)C)cc2P(c2ccccc2)c2ccccc2)=C1. The molecule has 146 valence electrons. The van der Waals surface area contributed by atoms with E-state index in [0.717, 1.165) is 6.42 Å². The van der Waals surface area contributed by atoms with Crippen molar-refractivity contribution in [1.29, 1.82) is 0 Å². The Bertz CT molecular complexity index is 1010. The van der Waals surface area contributed by atoms with Gasteiger partial charge in [0.2, 0.25) is 0 Å². The Balaban J connectivity index is 1.96. The maximum atomic E-state index is 2.48. The summed E-state index contributed by atoms with van der Waals surface area (Å²) in [6.45, 7) is 9.12. The zero-order valence-electron chi connectivity index (χ0n) is 17.8. The standard InChI is InChI=1S/C28H29P/c1-21-15-16-22(19-21)26-18-17-23(28(2,3)4)20-27(26)29(24-11-7-5-8-12-24)25-13-9-6-10-14-25/h5-15,17-20H,16H2,1-4H3. The fourth-order valence-electron chi connectivity index (χ4n) is 3.89. The monoisotopic (exact) mass is 396 g/mol. The first kappa shape index (κ1) is 19.9. The first-order valence-corrected chi connectivity index (χ1v) is 11.7. The van der Waals surface area contributed by atoms with Gasteiger partial charge in [-0.3, -0.25) is 0 Å². The zero-order valence-corrected chi connectivity index (χ0v) is 18.7. The Kier molecular flexibility index (Phi) is 5.57. The van der Waals surface area contributed by atoms with Gasteiger partial charge in [-0.15, -0.1) is 0 Å². The zero-order chi connectivity index (χ0) is 20.4. The quantitative estimate of drug-likeness (QED) is 0.443. The Morgan fingerprint density at radius 2 is 1.34 bits per heavy atom. The molecule has 0 N–H and O–H groups in total. The molecule has 0 spiro atoms. The van der Waals surface area contributed by atoms with E-state index in [1.165, 1.54) is 38.2 Å². The molecular formula is C28H29P. The molecule has 1 heteroatoms. The first-order valence-electron chi connectivity index (χ1n) is 10.4. The van der Waals surface area contributed by atoms with Gasteiger partial charge in [0.25, 0.3) is 0 Å². The maximum absolute atomic E-state index is 2.48. The summed E-state index contributed by atoms with van der Waals surface area (Å²) in [4.78, 5) is 0. The van der Waals surface area contributed by atoms with E-state index in [2.05, 4.69) is 119 Å². The van der Waals surface area contributed by atoms with Crippen LogP contribution in [0.4, 0.5) is 0 Å². The van der Waals surface area contributed by atoms with Gasteiger partial charge in [0.1, 0.15) is 0 Å². The van der Waals surface area contributed by atoms with E-state index < -0.39 is 7.92 Å². The molecule has 0 radical (unpaired) electrons. The highest BCUT2D eigenvalue weighted by molar-refractivity contribution is 7.80. The van der Waals surface area contributed by atoms with Gasteiger partial charge in [-0.1, -0.05) is 111 Å². The average Bonchev–Trinajstić information content (AvgIpc) is 3.15. The summed E-state index contributed by atoms with van der Waals surface area (Å²) >= 11 is 0. The molecule has 1 aliphatic rings. The molecule has 0 saturated heterocycles. The Morgan fingerprint density at radius 1 is 0.759 bits per heavy atom. The predicted octanol–water partition coefficient (Wildman–Crippen LogP) is 6.48. The van der Waals surface area contributed by atoms with Gasteiger partial charge in [-0.05, 0) is 65.4 Å². The van der Waals surface area contributed by atoms with Crippen LogP contribution in [-0.4, -0.2) is 0 Å². The van der Waals surface area contributed by atoms with Crippen molar-refractivity contribution in [2.75, 3.05) is 0 Å². The van der Waals surface area contributed by atoms with Crippen LogP contribution in [0, 0.1) is 0 Å². The van der Waals surface area contributed by atoms with Crippen molar-refractivity contribution in [2.45, 2.75) is 39.5 Å². The summed E-state index contributed by atoms with van der Waals surface area (Å²) in [5, 5.41) is 4.28. The molecule has 0 amide bonds. The second-order valence-corrected chi connectivity index (χ2v) is 11.0. The van der Waals surface area contributed by atoms with Gasteiger partial charge in [-0.2, -0.15) is 0 Å². The van der Waals surface area contributed by atoms with E-state index in [9.17, 15) is 0 Å². The highest BCUT2D eigenvalue weighted by atomic mass is 31.1. The van der Waals surface area contributed by atoms with E-state index in [4.69, 9.17) is 0 Å². The van der Waals surface area contributed by atoms with Crippen LogP contribution in [0.25, 0.3) is 5.57 Å². The largest absolute Gasteiger partial charge is 0.0772 e. The molecule has 29 heavy (non-hydrogen) atoms. The van der Waals surface area contributed by atoms with Gasteiger partial charge in [-0.25, -0.2) is 0 Å². The number of benzene rings is 3. The van der Waals surface area contributed by atoms with Gasteiger partial charge in [0.05, 0.1) is 0 Å². The van der Waals surface area contributed by atoms with E-state index in [1.807, 2.05) is 0 Å². The van der Waals surface area contributed by atoms with Gasteiger partial charge >= 0.3 is 0 Å². The van der Waals surface area contributed by atoms with Crippen LogP contribution in [0.15, 0.2) is 96.6 Å². The predicted molar refractivity (Wildman–Crippen MR) is 130 cm³/mol. The topological polar surface area (TPSA) is 0 Å². The van der Waals surface area contributed by atoms with Crippen LogP contribution in [-0.2, 0) is 5.41 Å². The van der Waals surface area contributed by atoms with Crippen LogP contribution in [0.3, 0.4) is 0 Å². The van der Waals surface area contributed by atoms with Crippen molar-refractivity contribution < 1.29 is 0 Å². The van der Waals surface area contributed by atoms with Gasteiger partial charge < -0.3 is 0 Å². The molecular weight excluding hydrogens is 367 g/mol. The van der Waals surface area contributed by atoms with Crippen molar-refractivity contribution in [3.8, 4) is 0 Å². The first-order chi connectivity index (χ1) is 13.9. The number of rotatable bonds is 4. The molecule has 0 heterocycles. The molecule has 3 aromatic carbocycles. The smallest absolute Gasteiger partial charge is 0.00728 e. The molecule has 0 fully saturated rings. The minimum atomic E-state index is -0.625. The van der Waals surface area contributed by atoms with Gasteiger partial charge in [0, 0.05) is 0 Å². The van der Waals surface area contributed by atoms with Crippen molar-refractivity contribution in [2.24, 2.45) is 0 Å². The third-order valence-corrected chi connectivity index (χ3v) is 8.01. The lowest BCUT2D eigenvalue weighted by Crippen LogP contribution is -2.25. The third kappa shape index (κ3) is 4.29. The van der Waals surface area contributed by atoms with E-state index in [1.54, 1.807) is 0 Å². The van der Waals surface area contributed by atoms with Crippen LogP contribution in [0.2, 0.25) is 0 Å².